The summed E-state index contributed by atoms with van der Waals surface area (Å²) in [5.41, 5.74) is 1.65. The third-order valence-corrected chi connectivity index (χ3v) is 4.35. The van der Waals surface area contributed by atoms with Gasteiger partial charge in [0.05, 0.1) is 21.3 Å². The van der Waals surface area contributed by atoms with Crippen molar-refractivity contribution in [3.63, 3.8) is 0 Å². The molecular formula is C21H23N3O5. The fraction of sp³-hybridized carbons (Fsp3) is 0.286. The molecule has 0 spiro atoms. The zero-order chi connectivity index (χ0) is 20.6. The van der Waals surface area contributed by atoms with Crippen molar-refractivity contribution in [2.45, 2.75) is 19.4 Å². The summed E-state index contributed by atoms with van der Waals surface area (Å²) in [5.74, 6) is 2.90. The van der Waals surface area contributed by atoms with Crippen LogP contribution in [0.3, 0.4) is 0 Å². The van der Waals surface area contributed by atoms with E-state index in [2.05, 4.69) is 15.5 Å². The Morgan fingerprint density at radius 1 is 1.00 bits per heavy atom. The van der Waals surface area contributed by atoms with Gasteiger partial charge in [-0.05, 0) is 42.5 Å². The van der Waals surface area contributed by atoms with E-state index in [1.165, 1.54) is 0 Å². The second kappa shape index (κ2) is 9.59. The van der Waals surface area contributed by atoms with Crippen LogP contribution in [0, 0.1) is 0 Å². The minimum Gasteiger partial charge on any atom is -0.497 e. The van der Waals surface area contributed by atoms with Gasteiger partial charge in [-0.15, -0.1) is 0 Å². The van der Waals surface area contributed by atoms with Gasteiger partial charge in [0.2, 0.25) is 17.6 Å². The molecule has 1 heterocycles. The fourth-order valence-electron chi connectivity index (χ4n) is 2.74. The van der Waals surface area contributed by atoms with E-state index in [1.54, 1.807) is 33.5 Å². The lowest BCUT2D eigenvalue weighted by atomic mass is 10.2. The lowest BCUT2D eigenvalue weighted by Gasteiger charge is -2.11. The maximum absolute atomic E-state index is 12.2. The first kappa shape index (κ1) is 20.2. The number of nitrogens with zero attached hydrogens (tertiary/aromatic N) is 2. The maximum Gasteiger partial charge on any atom is 0.227 e. The van der Waals surface area contributed by atoms with Crippen LogP contribution in [0.1, 0.15) is 17.9 Å². The molecule has 0 aliphatic heterocycles. The largest absolute Gasteiger partial charge is 0.497 e. The molecule has 2 aromatic carbocycles. The number of aromatic nitrogens is 2. The van der Waals surface area contributed by atoms with Crippen LogP contribution in [0.2, 0.25) is 0 Å². The summed E-state index contributed by atoms with van der Waals surface area (Å²) >= 11 is 0. The number of hydrogen-bond acceptors (Lipinski definition) is 7. The highest BCUT2D eigenvalue weighted by Crippen LogP contribution is 2.24. The van der Waals surface area contributed by atoms with Crippen LogP contribution in [-0.2, 0) is 17.8 Å². The topological polar surface area (TPSA) is 95.7 Å². The number of nitrogens with one attached hydrogen (secondary N) is 1. The molecule has 3 rings (SSSR count). The molecule has 1 N–H and O–H groups in total. The number of hydrogen-bond donors (Lipinski definition) is 1. The highest BCUT2D eigenvalue weighted by Gasteiger charge is 2.12. The second-order valence-electron chi connectivity index (χ2n) is 6.19. The summed E-state index contributed by atoms with van der Waals surface area (Å²) in [5, 5.41) is 6.83. The Labute approximate surface area is 168 Å². The molecule has 0 aliphatic carbocycles. The van der Waals surface area contributed by atoms with E-state index in [0.717, 1.165) is 16.9 Å². The lowest BCUT2D eigenvalue weighted by Crippen LogP contribution is -2.23. The normalized spacial score (nSPS) is 10.4. The average Bonchev–Trinajstić information content (AvgIpc) is 3.25. The van der Waals surface area contributed by atoms with Crippen molar-refractivity contribution in [2.24, 2.45) is 0 Å². The number of benzene rings is 2. The van der Waals surface area contributed by atoms with Gasteiger partial charge in [-0.3, -0.25) is 4.79 Å². The third kappa shape index (κ3) is 5.25. The molecule has 1 amide bonds. The van der Waals surface area contributed by atoms with Crippen LogP contribution in [0.15, 0.2) is 47.0 Å². The van der Waals surface area contributed by atoms with Crippen LogP contribution in [-0.4, -0.2) is 37.4 Å². The van der Waals surface area contributed by atoms with E-state index < -0.39 is 0 Å². The Bertz CT molecular complexity index is 953. The van der Waals surface area contributed by atoms with Crippen molar-refractivity contribution >= 4 is 5.91 Å². The van der Waals surface area contributed by atoms with Gasteiger partial charge in [-0.25, -0.2) is 0 Å². The summed E-state index contributed by atoms with van der Waals surface area (Å²) in [6.07, 6.45) is 0.584. The van der Waals surface area contributed by atoms with Crippen molar-refractivity contribution in [3.8, 4) is 28.6 Å². The molecule has 152 valence electrons. The van der Waals surface area contributed by atoms with Crippen LogP contribution in [0.25, 0.3) is 11.4 Å². The Morgan fingerprint density at radius 3 is 2.41 bits per heavy atom. The van der Waals surface area contributed by atoms with E-state index in [-0.39, 0.29) is 12.3 Å². The molecule has 3 aromatic rings. The van der Waals surface area contributed by atoms with E-state index in [9.17, 15) is 4.79 Å². The highest BCUT2D eigenvalue weighted by molar-refractivity contribution is 5.76. The molecule has 0 unspecified atom stereocenters. The summed E-state index contributed by atoms with van der Waals surface area (Å²) in [4.78, 5) is 16.5. The van der Waals surface area contributed by atoms with Crippen LogP contribution in [0.4, 0.5) is 0 Å². The Hall–Kier alpha value is -3.55. The number of aryl methyl sites for hydroxylation is 1. The molecule has 8 heteroatoms. The molecule has 0 saturated carbocycles. The smallest absolute Gasteiger partial charge is 0.227 e. The van der Waals surface area contributed by atoms with Crippen LogP contribution >= 0.6 is 0 Å². The molecule has 0 radical (unpaired) electrons. The van der Waals surface area contributed by atoms with Gasteiger partial charge in [0, 0.05) is 30.5 Å². The molecule has 0 fully saturated rings. The van der Waals surface area contributed by atoms with Gasteiger partial charge in [-0.1, -0.05) is 5.16 Å². The second-order valence-corrected chi connectivity index (χ2v) is 6.19. The molecule has 0 atom stereocenters. The molecule has 1 aromatic heterocycles. The van der Waals surface area contributed by atoms with Gasteiger partial charge in [0.15, 0.2) is 0 Å². The number of methoxy groups -OCH3 is 3. The minimum atomic E-state index is -0.126. The van der Waals surface area contributed by atoms with Crippen molar-refractivity contribution in [1.82, 2.24) is 15.5 Å². The van der Waals surface area contributed by atoms with E-state index in [1.807, 2.05) is 30.3 Å². The average molecular weight is 397 g/mol. The number of ether oxygens (including phenoxy) is 3. The first-order valence-electron chi connectivity index (χ1n) is 9.07. The Balaban J connectivity index is 1.53. The molecule has 0 saturated heterocycles. The predicted molar refractivity (Wildman–Crippen MR) is 106 cm³/mol. The zero-order valence-electron chi connectivity index (χ0n) is 16.6. The van der Waals surface area contributed by atoms with Crippen molar-refractivity contribution in [3.05, 3.63) is 53.9 Å². The zero-order valence-corrected chi connectivity index (χ0v) is 16.6. The summed E-state index contributed by atoms with van der Waals surface area (Å²) in [7, 11) is 4.79. The highest BCUT2D eigenvalue weighted by atomic mass is 16.5. The van der Waals surface area contributed by atoms with Gasteiger partial charge < -0.3 is 24.1 Å². The van der Waals surface area contributed by atoms with Gasteiger partial charge in [0.25, 0.3) is 0 Å². The predicted octanol–water partition coefficient (Wildman–Crippen LogP) is 3.01. The molecule has 29 heavy (non-hydrogen) atoms. The maximum atomic E-state index is 12.2. The summed E-state index contributed by atoms with van der Waals surface area (Å²) < 4.78 is 20.9. The van der Waals surface area contributed by atoms with Crippen molar-refractivity contribution in [2.75, 3.05) is 21.3 Å². The third-order valence-electron chi connectivity index (χ3n) is 4.35. The quantitative estimate of drug-likeness (QED) is 0.593. The number of rotatable bonds is 9. The Kier molecular flexibility index (Phi) is 6.67. The van der Waals surface area contributed by atoms with Crippen LogP contribution < -0.4 is 19.5 Å². The molecule has 8 nitrogen and oxygen atoms in total. The van der Waals surface area contributed by atoms with Crippen LogP contribution in [0.5, 0.6) is 17.2 Å². The molecular weight excluding hydrogens is 374 g/mol. The molecule has 0 aliphatic rings. The van der Waals surface area contributed by atoms with Crippen molar-refractivity contribution in [1.29, 1.82) is 0 Å². The first-order valence-corrected chi connectivity index (χ1v) is 9.07. The summed E-state index contributed by atoms with van der Waals surface area (Å²) in [6, 6.07) is 12.8. The standard InChI is InChI=1S/C21H23N3O5/c1-26-16-6-4-14(5-7-16)21-23-20(29-24-21)11-10-19(25)22-13-15-12-17(27-2)8-9-18(15)28-3/h4-9,12H,10-11,13H2,1-3H3,(H,22,25). The SMILES string of the molecule is COc1ccc(-c2noc(CCC(=O)NCc3cc(OC)ccc3OC)n2)cc1. The summed E-state index contributed by atoms with van der Waals surface area (Å²) in [6.45, 7) is 0.333. The van der Waals surface area contributed by atoms with Gasteiger partial charge in [0.1, 0.15) is 17.2 Å². The number of carbonyl (C=O) groups excluding carboxylic acids is 1. The fourth-order valence-corrected chi connectivity index (χ4v) is 2.74. The number of carbonyl (C=O) groups is 1. The first-order chi connectivity index (χ1) is 14.1. The lowest BCUT2D eigenvalue weighted by molar-refractivity contribution is -0.121. The van der Waals surface area contributed by atoms with Gasteiger partial charge >= 0.3 is 0 Å². The molecule has 0 bridgehead atoms. The number of amides is 1. The minimum absolute atomic E-state index is 0.126. The monoisotopic (exact) mass is 397 g/mol. The van der Waals surface area contributed by atoms with E-state index in [4.69, 9.17) is 18.7 Å². The van der Waals surface area contributed by atoms with E-state index >= 15 is 0 Å². The Morgan fingerprint density at radius 2 is 1.72 bits per heavy atom. The van der Waals surface area contributed by atoms with Crippen molar-refractivity contribution < 1.29 is 23.5 Å². The van der Waals surface area contributed by atoms with Gasteiger partial charge in [-0.2, -0.15) is 4.98 Å². The van der Waals surface area contributed by atoms with E-state index in [0.29, 0.717) is 36.2 Å².